The molecular weight excluding hydrogens is 363 g/mol. The first kappa shape index (κ1) is 17.7. The number of nitrogens with one attached hydrogen (secondary N) is 1. The third-order valence-electron chi connectivity index (χ3n) is 4.58. The van der Waals surface area contributed by atoms with Crippen molar-refractivity contribution in [3.63, 3.8) is 0 Å². The van der Waals surface area contributed by atoms with Gasteiger partial charge in [0.2, 0.25) is 11.7 Å². The Morgan fingerprint density at radius 2 is 1.96 bits per heavy atom. The van der Waals surface area contributed by atoms with Crippen LogP contribution in [0.25, 0.3) is 0 Å². The minimum atomic E-state index is -0.932. The van der Waals surface area contributed by atoms with E-state index in [1.165, 1.54) is 47.6 Å². The number of amides is 1. The number of benzene rings is 1. The van der Waals surface area contributed by atoms with E-state index < -0.39 is 29.3 Å². The number of carbonyl (C=O) groups is 2. The first-order valence-corrected chi connectivity index (χ1v) is 8.57. The van der Waals surface area contributed by atoms with Gasteiger partial charge in [0.15, 0.2) is 18.2 Å². The van der Waals surface area contributed by atoms with Gasteiger partial charge in [0, 0.05) is 17.2 Å². The van der Waals surface area contributed by atoms with Gasteiger partial charge in [-0.05, 0) is 41.7 Å². The second-order valence-corrected chi connectivity index (χ2v) is 6.35. The van der Waals surface area contributed by atoms with Crippen LogP contribution in [0.5, 0.6) is 0 Å². The van der Waals surface area contributed by atoms with Gasteiger partial charge in [0.25, 0.3) is 0 Å². The lowest BCUT2D eigenvalue weighted by Gasteiger charge is -2.27. The Balaban J connectivity index is 1.79. The highest BCUT2D eigenvalue weighted by Gasteiger charge is 2.40. The summed E-state index contributed by atoms with van der Waals surface area (Å²) < 4.78 is 18.5. The van der Waals surface area contributed by atoms with Crippen LogP contribution in [-0.4, -0.2) is 16.6 Å². The number of hydrogen-bond acceptors (Lipinski definition) is 4. The Morgan fingerprint density at radius 3 is 2.61 bits per heavy atom. The number of pyridine rings is 1. The third-order valence-corrected chi connectivity index (χ3v) is 4.58. The fraction of sp³-hybridized carbons (Fsp3) is 0.0952. The number of aromatic nitrogens is 1. The molecule has 0 bridgehead atoms. The summed E-state index contributed by atoms with van der Waals surface area (Å²) in [7, 11) is 0. The molecule has 0 saturated carbocycles. The summed E-state index contributed by atoms with van der Waals surface area (Å²) in [6.07, 6.45) is 4.74. The summed E-state index contributed by atoms with van der Waals surface area (Å²) >= 11 is 0. The van der Waals surface area contributed by atoms with E-state index in [9.17, 15) is 19.1 Å². The van der Waals surface area contributed by atoms with Crippen LogP contribution in [0.15, 0.2) is 82.9 Å². The summed E-state index contributed by atoms with van der Waals surface area (Å²) in [6.45, 7) is 0.110. The topological polar surface area (TPSA) is 87.7 Å². The number of rotatable bonds is 5. The van der Waals surface area contributed by atoms with Crippen LogP contribution in [-0.2, 0) is 11.3 Å². The second-order valence-electron chi connectivity index (χ2n) is 6.35. The molecule has 2 aromatic heterocycles. The maximum absolute atomic E-state index is 13.4. The monoisotopic (exact) mass is 378 g/mol. The van der Waals surface area contributed by atoms with Crippen LogP contribution in [0, 0.1) is 5.82 Å². The van der Waals surface area contributed by atoms with Gasteiger partial charge in [-0.2, -0.15) is 0 Å². The van der Waals surface area contributed by atoms with Crippen LogP contribution < -0.4 is 10.1 Å². The molecule has 0 spiro atoms. The Labute approximate surface area is 159 Å². The zero-order chi connectivity index (χ0) is 19.7. The second kappa shape index (κ2) is 7.11. The smallest absolute Gasteiger partial charge is 0.240 e. The Bertz CT molecular complexity index is 1040. The van der Waals surface area contributed by atoms with Crippen molar-refractivity contribution in [2.45, 2.75) is 12.6 Å². The fourth-order valence-corrected chi connectivity index (χ4v) is 3.29. The minimum absolute atomic E-state index is 0.0295. The van der Waals surface area contributed by atoms with Crippen molar-refractivity contribution in [3.8, 4) is 0 Å². The van der Waals surface area contributed by atoms with Gasteiger partial charge in [0.1, 0.15) is 5.82 Å². The van der Waals surface area contributed by atoms with Crippen molar-refractivity contribution in [1.82, 2.24) is 4.90 Å². The van der Waals surface area contributed by atoms with Gasteiger partial charge in [-0.3, -0.25) is 9.59 Å². The highest BCUT2D eigenvalue weighted by atomic mass is 19.1. The zero-order valence-electron chi connectivity index (χ0n) is 14.6. The van der Waals surface area contributed by atoms with Crippen LogP contribution in [0.2, 0.25) is 0 Å². The highest BCUT2D eigenvalue weighted by Crippen LogP contribution is 2.39. The molecule has 6 nitrogen and oxygen atoms in total. The molecule has 1 aliphatic rings. The van der Waals surface area contributed by atoms with E-state index >= 15 is 0 Å². The Hall–Kier alpha value is -3.74. The lowest BCUT2D eigenvalue weighted by molar-refractivity contribution is -0.378. The average Bonchev–Trinajstić information content (AvgIpc) is 3.33. The summed E-state index contributed by atoms with van der Waals surface area (Å²) in [5.74, 6) is -2.80. The van der Waals surface area contributed by atoms with Crippen molar-refractivity contribution in [2.24, 2.45) is 0 Å². The molecule has 3 heterocycles. The van der Waals surface area contributed by atoms with E-state index in [0.717, 1.165) is 5.56 Å². The first-order valence-electron chi connectivity index (χ1n) is 8.57. The molecule has 0 radical (unpaired) electrons. The molecule has 0 fully saturated rings. The molecule has 1 atom stereocenters. The molecule has 140 valence electrons. The van der Waals surface area contributed by atoms with E-state index in [1.807, 2.05) is 0 Å². The van der Waals surface area contributed by atoms with E-state index in [4.69, 9.17) is 4.42 Å². The minimum Gasteiger partial charge on any atom is -0.868 e. The number of ketones is 1. The molecule has 1 aliphatic heterocycles. The molecule has 1 amide bonds. The number of halogens is 1. The largest absolute Gasteiger partial charge is 0.868 e. The molecule has 1 aromatic carbocycles. The molecule has 0 saturated heterocycles. The number of carbonyl (C=O) groups excluding carboxylic acids is 2. The SMILES string of the molecule is O=C(C1=C([O-])C(=O)N(Cc2ccc[nH+]c2)C1c1ccc(F)cc1)c1ccco1. The Kier molecular flexibility index (Phi) is 4.49. The van der Waals surface area contributed by atoms with Crippen molar-refractivity contribution in [3.05, 3.63) is 101 Å². The molecule has 1 unspecified atom stereocenters. The van der Waals surface area contributed by atoms with E-state index in [0.29, 0.717) is 5.56 Å². The zero-order valence-corrected chi connectivity index (χ0v) is 14.6. The highest BCUT2D eigenvalue weighted by molar-refractivity contribution is 6.14. The summed E-state index contributed by atoms with van der Waals surface area (Å²) in [6, 6.07) is 11.0. The molecule has 7 heteroatoms. The predicted molar refractivity (Wildman–Crippen MR) is 92.8 cm³/mol. The molecule has 28 heavy (non-hydrogen) atoms. The lowest BCUT2D eigenvalue weighted by Crippen LogP contribution is -2.32. The van der Waals surface area contributed by atoms with Gasteiger partial charge in [-0.15, -0.1) is 0 Å². The van der Waals surface area contributed by atoms with Crippen LogP contribution in [0.3, 0.4) is 0 Å². The van der Waals surface area contributed by atoms with Crippen molar-refractivity contribution in [1.29, 1.82) is 0 Å². The van der Waals surface area contributed by atoms with Gasteiger partial charge in [-0.25, -0.2) is 9.37 Å². The van der Waals surface area contributed by atoms with Crippen LogP contribution in [0.1, 0.15) is 27.7 Å². The van der Waals surface area contributed by atoms with Crippen molar-refractivity contribution >= 4 is 11.7 Å². The quantitative estimate of drug-likeness (QED) is 0.634. The third kappa shape index (κ3) is 3.07. The van der Waals surface area contributed by atoms with E-state index in [1.54, 1.807) is 24.5 Å². The number of Topliss-reactive ketones (excluding diaryl/α,β-unsaturated/α-hetero) is 1. The lowest BCUT2D eigenvalue weighted by atomic mass is 9.95. The molecule has 4 rings (SSSR count). The maximum Gasteiger partial charge on any atom is 0.240 e. The fourth-order valence-electron chi connectivity index (χ4n) is 3.29. The van der Waals surface area contributed by atoms with Gasteiger partial charge >= 0.3 is 0 Å². The standard InChI is InChI=1S/C21H15FN2O4/c22-15-7-5-14(6-8-15)18-17(19(25)16-4-2-10-28-16)20(26)21(27)24(18)12-13-3-1-9-23-11-13/h1-11,18,26H,12H2. The number of H-pyrrole nitrogens is 1. The van der Waals surface area contributed by atoms with E-state index in [2.05, 4.69) is 4.98 Å². The summed E-state index contributed by atoms with van der Waals surface area (Å²) in [4.78, 5) is 29.9. The predicted octanol–water partition coefficient (Wildman–Crippen LogP) is 1.81. The van der Waals surface area contributed by atoms with Gasteiger partial charge in [0.05, 0.1) is 18.8 Å². The van der Waals surface area contributed by atoms with Crippen LogP contribution in [0.4, 0.5) is 4.39 Å². The number of hydrogen-bond donors (Lipinski definition) is 0. The number of aromatic amines is 1. The van der Waals surface area contributed by atoms with Crippen molar-refractivity contribution in [2.75, 3.05) is 0 Å². The summed E-state index contributed by atoms with van der Waals surface area (Å²) in [5, 5.41) is 12.7. The summed E-state index contributed by atoms with van der Waals surface area (Å²) in [5.41, 5.74) is 1.02. The molecule has 1 N–H and O–H groups in total. The molecular formula is C21H15FN2O4. The maximum atomic E-state index is 13.4. The number of nitrogens with zero attached hydrogens (tertiary/aromatic N) is 1. The van der Waals surface area contributed by atoms with E-state index in [-0.39, 0.29) is 17.9 Å². The Morgan fingerprint density at radius 1 is 1.18 bits per heavy atom. The van der Waals surface area contributed by atoms with Crippen molar-refractivity contribution < 1.29 is 28.5 Å². The van der Waals surface area contributed by atoms with Gasteiger partial charge in [-0.1, -0.05) is 12.1 Å². The molecule has 0 aliphatic carbocycles. The first-order chi connectivity index (χ1) is 13.6. The number of furan rings is 1. The van der Waals surface area contributed by atoms with Crippen LogP contribution >= 0.6 is 0 Å². The molecule has 3 aromatic rings. The normalized spacial score (nSPS) is 16.7. The average molecular weight is 378 g/mol. The van der Waals surface area contributed by atoms with Gasteiger partial charge < -0.3 is 14.4 Å².